The van der Waals surface area contributed by atoms with Crippen molar-refractivity contribution in [2.45, 2.75) is 19.8 Å². The van der Waals surface area contributed by atoms with E-state index in [0.29, 0.717) is 59.2 Å². The average molecular weight is 442 g/mol. The van der Waals surface area contributed by atoms with Crippen LogP contribution in [0.1, 0.15) is 18.4 Å². The number of halogens is 2. The van der Waals surface area contributed by atoms with Gasteiger partial charge in [0.15, 0.2) is 0 Å². The maximum Gasteiger partial charge on any atom is 0.320 e. The minimum Gasteiger partial charge on any atom is -0.474 e. The molecule has 1 aliphatic carbocycles. The monoisotopic (exact) mass is 441 g/mol. The molecule has 160 valence electrons. The van der Waals surface area contributed by atoms with Crippen molar-refractivity contribution in [3.63, 3.8) is 0 Å². The summed E-state index contributed by atoms with van der Waals surface area (Å²) in [5.74, 6) is 0.908. The van der Waals surface area contributed by atoms with Crippen LogP contribution < -0.4 is 20.7 Å². The third kappa shape index (κ3) is 3.83. The van der Waals surface area contributed by atoms with Gasteiger partial charge in [0, 0.05) is 42.0 Å². The van der Waals surface area contributed by atoms with Gasteiger partial charge < -0.3 is 15.4 Å². The topological polar surface area (TPSA) is 88.2 Å². The van der Waals surface area contributed by atoms with Crippen LogP contribution in [0.2, 0.25) is 5.02 Å². The summed E-state index contributed by atoms with van der Waals surface area (Å²) < 4.78 is 20.8. The molecule has 1 saturated carbocycles. The lowest BCUT2D eigenvalue weighted by Gasteiger charge is -2.22. The summed E-state index contributed by atoms with van der Waals surface area (Å²) in [6.45, 7) is 3.73. The maximum absolute atomic E-state index is 15.2. The van der Waals surface area contributed by atoms with Crippen LogP contribution in [0.5, 0.6) is 5.88 Å². The third-order valence-corrected chi connectivity index (χ3v) is 6.00. The van der Waals surface area contributed by atoms with E-state index in [1.807, 2.05) is 6.92 Å². The number of hydrogen-bond acceptors (Lipinski definition) is 5. The SMILES string of the molecule is Cc1c(-c2cc3cc(NC(=O)NCC4CC4)ncc3c(Cl)c2F)cnc2c1NCCO2. The Kier molecular flexibility index (Phi) is 5.02. The van der Waals surface area contributed by atoms with Gasteiger partial charge in [-0.2, -0.15) is 0 Å². The van der Waals surface area contributed by atoms with E-state index in [1.54, 1.807) is 18.3 Å². The number of aromatic nitrogens is 2. The molecule has 0 radical (unpaired) electrons. The van der Waals surface area contributed by atoms with E-state index >= 15 is 4.39 Å². The van der Waals surface area contributed by atoms with Crippen molar-refractivity contribution < 1.29 is 13.9 Å². The van der Waals surface area contributed by atoms with Crippen molar-refractivity contribution >= 4 is 39.9 Å². The zero-order valence-electron chi connectivity index (χ0n) is 16.9. The minimum atomic E-state index is -0.541. The second-order valence-electron chi connectivity index (χ2n) is 7.87. The highest BCUT2D eigenvalue weighted by Gasteiger charge is 2.23. The number of anilines is 2. The number of amides is 2. The average Bonchev–Trinajstić information content (AvgIpc) is 3.60. The van der Waals surface area contributed by atoms with Crippen molar-refractivity contribution in [3.8, 4) is 17.0 Å². The summed E-state index contributed by atoms with van der Waals surface area (Å²) in [6.07, 6.45) is 5.36. The molecule has 3 aromatic rings. The molecule has 0 spiro atoms. The highest BCUT2D eigenvalue weighted by Crippen LogP contribution is 2.40. The molecule has 0 atom stereocenters. The Labute approximate surface area is 183 Å². The van der Waals surface area contributed by atoms with Crippen LogP contribution in [0.25, 0.3) is 21.9 Å². The van der Waals surface area contributed by atoms with E-state index in [2.05, 4.69) is 25.9 Å². The summed E-state index contributed by atoms with van der Waals surface area (Å²) in [5, 5.41) is 9.93. The van der Waals surface area contributed by atoms with E-state index in [4.69, 9.17) is 16.3 Å². The molecular weight excluding hydrogens is 421 g/mol. The van der Waals surface area contributed by atoms with Crippen molar-refractivity contribution in [3.05, 3.63) is 40.9 Å². The first-order valence-corrected chi connectivity index (χ1v) is 10.6. The maximum atomic E-state index is 15.2. The fourth-order valence-corrected chi connectivity index (χ4v) is 3.97. The number of carbonyl (C=O) groups is 1. The van der Waals surface area contributed by atoms with Gasteiger partial charge in [-0.25, -0.2) is 19.2 Å². The molecule has 0 bridgehead atoms. The van der Waals surface area contributed by atoms with Crippen molar-refractivity contribution in [2.24, 2.45) is 5.92 Å². The number of fused-ring (bicyclic) bond motifs is 2. The third-order valence-electron chi connectivity index (χ3n) is 5.63. The van der Waals surface area contributed by atoms with Gasteiger partial charge in [0.1, 0.15) is 23.9 Å². The van der Waals surface area contributed by atoms with E-state index in [0.717, 1.165) is 24.1 Å². The number of benzene rings is 1. The summed E-state index contributed by atoms with van der Waals surface area (Å²) in [4.78, 5) is 20.6. The standard InChI is InChI=1S/C22H21ClFN5O2/c1-11-15(9-27-21-20(11)25-4-5-31-21)14-6-13-7-17(26-10-16(13)18(23)19(14)24)29-22(30)28-8-12-2-3-12/h6-7,9-10,12,25H,2-5,8H2,1H3,(H2,26,28,29,30). The number of hydrogen-bond donors (Lipinski definition) is 3. The zero-order valence-corrected chi connectivity index (χ0v) is 17.6. The number of ether oxygens (including phenoxy) is 1. The van der Waals surface area contributed by atoms with Gasteiger partial charge in [-0.15, -0.1) is 0 Å². The number of urea groups is 1. The number of nitrogens with one attached hydrogen (secondary N) is 3. The van der Waals surface area contributed by atoms with Crippen LogP contribution in [0.3, 0.4) is 0 Å². The Morgan fingerprint density at radius 1 is 1.29 bits per heavy atom. The van der Waals surface area contributed by atoms with E-state index in [1.165, 1.54) is 6.20 Å². The van der Waals surface area contributed by atoms with Gasteiger partial charge >= 0.3 is 6.03 Å². The molecule has 2 aromatic heterocycles. The summed E-state index contributed by atoms with van der Waals surface area (Å²) in [7, 11) is 0. The molecule has 3 N–H and O–H groups in total. The predicted molar refractivity (Wildman–Crippen MR) is 118 cm³/mol. The zero-order chi connectivity index (χ0) is 21.5. The van der Waals surface area contributed by atoms with Crippen molar-refractivity contribution in [1.29, 1.82) is 0 Å². The highest BCUT2D eigenvalue weighted by atomic mass is 35.5. The van der Waals surface area contributed by atoms with E-state index < -0.39 is 5.82 Å². The van der Waals surface area contributed by atoms with E-state index in [9.17, 15) is 4.79 Å². The summed E-state index contributed by atoms with van der Waals surface area (Å²) in [5.41, 5.74) is 2.52. The molecule has 1 aromatic carbocycles. The van der Waals surface area contributed by atoms with Crippen molar-refractivity contribution in [1.82, 2.24) is 15.3 Å². The lowest BCUT2D eigenvalue weighted by molar-refractivity contribution is 0.251. The Morgan fingerprint density at radius 2 is 2.13 bits per heavy atom. The van der Waals surface area contributed by atoms with Crippen LogP contribution in [0, 0.1) is 18.7 Å². The number of rotatable bonds is 4. The quantitative estimate of drug-likeness (QED) is 0.544. The normalized spacial score (nSPS) is 15.1. The Balaban J connectivity index is 1.51. The molecule has 9 heteroatoms. The molecule has 1 aliphatic heterocycles. The molecule has 7 nitrogen and oxygen atoms in total. The van der Waals surface area contributed by atoms with Gasteiger partial charge in [0.2, 0.25) is 5.88 Å². The second kappa shape index (κ2) is 7.85. The second-order valence-corrected chi connectivity index (χ2v) is 8.25. The van der Waals surface area contributed by atoms with Crippen LogP contribution in [0.4, 0.5) is 20.7 Å². The number of carbonyl (C=O) groups excluding carboxylic acids is 1. The highest BCUT2D eigenvalue weighted by molar-refractivity contribution is 6.36. The van der Waals surface area contributed by atoms with Crippen LogP contribution in [0.15, 0.2) is 24.5 Å². The Bertz CT molecular complexity index is 1200. The largest absolute Gasteiger partial charge is 0.474 e. The van der Waals surface area contributed by atoms with Crippen LogP contribution >= 0.6 is 11.6 Å². The first-order valence-electron chi connectivity index (χ1n) is 10.2. The Hall–Kier alpha value is -3.13. The van der Waals surface area contributed by atoms with Gasteiger partial charge in [0.05, 0.1) is 5.02 Å². The smallest absolute Gasteiger partial charge is 0.320 e. The number of nitrogens with zero attached hydrogens (tertiary/aromatic N) is 2. The first kappa shape index (κ1) is 19.8. The summed E-state index contributed by atoms with van der Waals surface area (Å²) >= 11 is 6.35. The lowest BCUT2D eigenvalue weighted by atomic mass is 9.98. The minimum absolute atomic E-state index is 0.0222. The molecule has 2 amide bonds. The van der Waals surface area contributed by atoms with Gasteiger partial charge in [-0.05, 0) is 48.8 Å². The molecule has 31 heavy (non-hydrogen) atoms. The fraction of sp³-hybridized carbons (Fsp3) is 0.318. The molecule has 2 aliphatic rings. The van der Waals surface area contributed by atoms with Gasteiger partial charge in [-0.3, -0.25) is 5.32 Å². The molecule has 0 saturated heterocycles. The molecule has 1 fully saturated rings. The Morgan fingerprint density at radius 3 is 2.94 bits per heavy atom. The van der Waals surface area contributed by atoms with Gasteiger partial charge in [-0.1, -0.05) is 11.6 Å². The van der Waals surface area contributed by atoms with Crippen LogP contribution in [-0.4, -0.2) is 35.7 Å². The first-order chi connectivity index (χ1) is 15.0. The summed E-state index contributed by atoms with van der Waals surface area (Å²) in [6, 6.07) is 3.07. The lowest BCUT2D eigenvalue weighted by Crippen LogP contribution is -2.30. The molecular formula is C22H21ClFN5O2. The molecule has 3 heterocycles. The van der Waals surface area contributed by atoms with Crippen LogP contribution in [-0.2, 0) is 0 Å². The molecule has 5 rings (SSSR count). The van der Waals surface area contributed by atoms with E-state index in [-0.39, 0.29) is 11.1 Å². The molecule has 0 unspecified atom stereocenters. The predicted octanol–water partition coefficient (Wildman–Crippen LogP) is 4.73. The van der Waals surface area contributed by atoms with Gasteiger partial charge in [0.25, 0.3) is 0 Å². The van der Waals surface area contributed by atoms with Crippen molar-refractivity contribution in [2.75, 3.05) is 30.3 Å². The fourth-order valence-electron chi connectivity index (χ4n) is 3.71. The number of pyridine rings is 2.